The lowest BCUT2D eigenvalue weighted by Crippen LogP contribution is -2.48. The van der Waals surface area contributed by atoms with Crippen molar-refractivity contribution >= 4 is 21.5 Å². The van der Waals surface area contributed by atoms with E-state index in [1.807, 2.05) is 6.07 Å². The number of rotatable bonds is 0. The minimum Gasteiger partial charge on any atom is -0.507 e. The number of hydrogen-bond acceptors (Lipinski definition) is 1. The number of fused-ring (bicyclic) bond motifs is 3. The standard InChI is InChI=1S/C34H20O/c35-30-19-18-29-32-23(30)12-7-17-28(32)33-24-13-3-1-10-21(24)22-11-2-4-14-25(22)34(29,33)27-16-6-9-20-8-5-15-26(33)31(20)27/h1-19,35H. The van der Waals surface area contributed by atoms with Crippen molar-refractivity contribution in [3.8, 4) is 16.9 Å². The molecular formula is C34H20O. The Morgan fingerprint density at radius 3 is 1.51 bits per heavy atom. The second-order valence-electron chi connectivity index (χ2n) is 10.2. The molecule has 35 heavy (non-hydrogen) atoms. The molecule has 1 N–H and O–H groups in total. The van der Waals surface area contributed by atoms with Gasteiger partial charge < -0.3 is 5.11 Å². The second kappa shape index (κ2) is 5.64. The Labute approximate surface area is 202 Å². The van der Waals surface area contributed by atoms with Crippen molar-refractivity contribution in [3.63, 3.8) is 0 Å². The lowest BCUT2D eigenvalue weighted by molar-refractivity contribution is 0.460. The lowest BCUT2D eigenvalue weighted by atomic mass is 9.50. The molecule has 6 aromatic rings. The maximum Gasteiger partial charge on any atom is 0.123 e. The minimum absolute atomic E-state index is 0.350. The van der Waals surface area contributed by atoms with Crippen LogP contribution in [-0.2, 0) is 10.8 Å². The highest BCUT2D eigenvalue weighted by Crippen LogP contribution is 2.74. The number of hydrogen-bond donors (Lipinski definition) is 1. The zero-order chi connectivity index (χ0) is 22.9. The van der Waals surface area contributed by atoms with E-state index in [9.17, 15) is 5.11 Å². The average Bonchev–Trinajstić information content (AvgIpc) is 3.35. The van der Waals surface area contributed by atoms with Crippen LogP contribution < -0.4 is 0 Å². The van der Waals surface area contributed by atoms with Gasteiger partial charge in [0.2, 0.25) is 0 Å². The van der Waals surface area contributed by atoms with Gasteiger partial charge in [0.1, 0.15) is 5.75 Å². The summed E-state index contributed by atoms with van der Waals surface area (Å²) in [6, 6.07) is 42.2. The summed E-state index contributed by atoms with van der Waals surface area (Å²) in [4.78, 5) is 0. The largest absolute Gasteiger partial charge is 0.507 e. The van der Waals surface area contributed by atoms with Gasteiger partial charge in [0.25, 0.3) is 0 Å². The zero-order valence-corrected chi connectivity index (χ0v) is 18.9. The molecule has 0 aromatic heterocycles. The van der Waals surface area contributed by atoms with E-state index in [-0.39, 0.29) is 0 Å². The summed E-state index contributed by atoms with van der Waals surface area (Å²) in [5.41, 5.74) is 9.84. The second-order valence-corrected chi connectivity index (χ2v) is 10.2. The van der Waals surface area contributed by atoms with E-state index in [1.54, 1.807) is 0 Å². The Morgan fingerprint density at radius 1 is 0.400 bits per heavy atom. The Morgan fingerprint density at radius 2 is 0.886 bits per heavy atom. The van der Waals surface area contributed by atoms with Crippen LogP contribution in [0.15, 0.2) is 115 Å². The van der Waals surface area contributed by atoms with Crippen LogP contribution in [0, 0.1) is 0 Å². The summed E-state index contributed by atoms with van der Waals surface area (Å²) in [5.74, 6) is 0.350. The number of phenols is 1. The van der Waals surface area contributed by atoms with E-state index in [2.05, 4.69) is 109 Å². The SMILES string of the molecule is Oc1ccc2c3c(cccc13)C13c4ccccc4-c4ccccc4C21c1cccc2cccc3c12. The van der Waals surface area contributed by atoms with E-state index >= 15 is 0 Å². The Hall–Kier alpha value is -4.36. The molecule has 0 fully saturated rings. The van der Waals surface area contributed by atoms with Crippen molar-refractivity contribution < 1.29 is 5.11 Å². The Kier molecular flexibility index (Phi) is 2.91. The van der Waals surface area contributed by atoms with E-state index < -0.39 is 10.8 Å². The summed E-state index contributed by atoms with van der Waals surface area (Å²) >= 11 is 0. The first-order chi connectivity index (χ1) is 17.3. The topological polar surface area (TPSA) is 20.2 Å². The highest BCUT2D eigenvalue weighted by molar-refractivity contribution is 6.10. The molecule has 0 aliphatic heterocycles. The maximum absolute atomic E-state index is 11.0. The van der Waals surface area contributed by atoms with Crippen LogP contribution >= 0.6 is 0 Å². The van der Waals surface area contributed by atoms with Crippen LogP contribution in [0.3, 0.4) is 0 Å². The molecule has 0 saturated carbocycles. The third-order valence-electron chi connectivity index (χ3n) is 9.05. The number of benzene rings is 6. The molecule has 6 aromatic carbocycles. The summed E-state index contributed by atoms with van der Waals surface area (Å²) in [7, 11) is 0. The van der Waals surface area contributed by atoms with E-state index in [0.717, 1.165) is 5.39 Å². The Balaban J connectivity index is 1.68. The number of aromatic hydroxyl groups is 1. The molecule has 3 aliphatic carbocycles. The molecule has 0 radical (unpaired) electrons. The van der Waals surface area contributed by atoms with Gasteiger partial charge in [-0.05, 0) is 66.7 Å². The molecule has 0 saturated heterocycles. The first-order valence-electron chi connectivity index (χ1n) is 12.3. The third kappa shape index (κ3) is 1.64. The fraction of sp³-hybridized carbons (Fsp3) is 0.0588. The minimum atomic E-state index is -0.406. The van der Waals surface area contributed by atoms with Crippen LogP contribution in [-0.4, -0.2) is 5.11 Å². The molecule has 0 heterocycles. The van der Waals surface area contributed by atoms with Gasteiger partial charge in [0.05, 0.1) is 10.8 Å². The van der Waals surface area contributed by atoms with Gasteiger partial charge in [-0.3, -0.25) is 0 Å². The van der Waals surface area contributed by atoms with Crippen molar-refractivity contribution in [2.45, 2.75) is 10.8 Å². The van der Waals surface area contributed by atoms with Gasteiger partial charge in [-0.15, -0.1) is 0 Å². The first kappa shape index (κ1) is 18.0. The summed E-state index contributed by atoms with van der Waals surface area (Å²) in [5, 5.41) is 15.8. The van der Waals surface area contributed by atoms with Crippen LogP contribution in [0.25, 0.3) is 32.7 Å². The summed E-state index contributed by atoms with van der Waals surface area (Å²) < 4.78 is 0. The predicted octanol–water partition coefficient (Wildman–Crippen LogP) is 7.67. The highest BCUT2D eigenvalue weighted by Gasteiger charge is 2.68. The van der Waals surface area contributed by atoms with Crippen molar-refractivity contribution in [2.24, 2.45) is 0 Å². The van der Waals surface area contributed by atoms with Crippen molar-refractivity contribution in [1.82, 2.24) is 0 Å². The van der Waals surface area contributed by atoms with Crippen LogP contribution in [0.5, 0.6) is 5.75 Å². The molecular weight excluding hydrogens is 424 g/mol. The first-order valence-corrected chi connectivity index (χ1v) is 12.3. The van der Waals surface area contributed by atoms with E-state index in [0.29, 0.717) is 5.75 Å². The third-order valence-corrected chi connectivity index (χ3v) is 9.05. The van der Waals surface area contributed by atoms with Gasteiger partial charge in [-0.1, -0.05) is 109 Å². The summed E-state index contributed by atoms with van der Waals surface area (Å²) in [6.07, 6.45) is 0. The van der Waals surface area contributed by atoms with E-state index in [4.69, 9.17) is 0 Å². The van der Waals surface area contributed by atoms with Gasteiger partial charge in [0.15, 0.2) is 0 Å². The maximum atomic E-state index is 11.0. The lowest BCUT2D eigenvalue weighted by Gasteiger charge is -2.50. The van der Waals surface area contributed by atoms with Gasteiger partial charge in [-0.2, -0.15) is 0 Å². The van der Waals surface area contributed by atoms with Gasteiger partial charge in [0, 0.05) is 5.39 Å². The molecule has 1 nitrogen and oxygen atoms in total. The molecule has 0 bridgehead atoms. The van der Waals surface area contributed by atoms with E-state index in [1.165, 1.54) is 60.7 Å². The molecule has 9 rings (SSSR count). The fourth-order valence-corrected chi connectivity index (χ4v) is 8.15. The molecule has 0 spiro atoms. The van der Waals surface area contributed by atoms with Gasteiger partial charge in [-0.25, -0.2) is 0 Å². The predicted molar refractivity (Wildman–Crippen MR) is 141 cm³/mol. The Bertz CT molecular complexity index is 1830. The van der Waals surface area contributed by atoms with Crippen molar-refractivity contribution in [1.29, 1.82) is 0 Å². The molecule has 1 heteroatoms. The summed E-state index contributed by atoms with van der Waals surface area (Å²) in [6.45, 7) is 0. The normalized spacial score (nSPS) is 22.1. The number of phenolic OH excluding ortho intramolecular Hbond substituents is 1. The monoisotopic (exact) mass is 444 g/mol. The van der Waals surface area contributed by atoms with Crippen molar-refractivity contribution in [3.05, 3.63) is 149 Å². The highest BCUT2D eigenvalue weighted by atomic mass is 16.3. The zero-order valence-electron chi connectivity index (χ0n) is 18.9. The average molecular weight is 445 g/mol. The van der Waals surface area contributed by atoms with Crippen molar-refractivity contribution in [2.75, 3.05) is 0 Å². The molecule has 0 amide bonds. The fourth-order valence-electron chi connectivity index (χ4n) is 8.15. The molecule has 2 atom stereocenters. The molecule has 2 unspecified atom stereocenters. The quantitative estimate of drug-likeness (QED) is 0.255. The smallest absolute Gasteiger partial charge is 0.123 e. The van der Waals surface area contributed by atoms with Crippen LogP contribution in [0.1, 0.15) is 33.4 Å². The van der Waals surface area contributed by atoms with Crippen LogP contribution in [0.4, 0.5) is 0 Å². The molecule has 3 aliphatic rings. The van der Waals surface area contributed by atoms with Crippen LogP contribution in [0.2, 0.25) is 0 Å². The molecule has 162 valence electrons. The van der Waals surface area contributed by atoms with Gasteiger partial charge >= 0.3 is 0 Å².